The maximum Gasteiger partial charge on any atom is 0.500 e. The third-order valence-electron chi connectivity index (χ3n) is 4.38. The summed E-state index contributed by atoms with van der Waals surface area (Å²) in [6.07, 6.45) is 4.23. The van der Waals surface area contributed by atoms with Crippen molar-refractivity contribution < 1.29 is 18.8 Å². The summed E-state index contributed by atoms with van der Waals surface area (Å²) in [5, 5.41) is 0. The van der Waals surface area contributed by atoms with Gasteiger partial charge in [-0.25, -0.2) is 4.98 Å². The number of hydrogen-bond donors (Lipinski definition) is 0. The molecule has 1 saturated heterocycles. The standard InChI is InChI=1S/C15H22BNO4/c1-14(2)15(3,4)21-16(20-14)12-8-11(19-10-6-7-10)9-17-13(12)18-5/h8-10H,6-7H2,1-5H3. The fourth-order valence-corrected chi connectivity index (χ4v) is 2.20. The Hall–Kier alpha value is -1.27. The van der Waals surface area contributed by atoms with Crippen LogP contribution in [-0.4, -0.2) is 36.5 Å². The van der Waals surface area contributed by atoms with Crippen LogP contribution >= 0.6 is 0 Å². The number of rotatable bonds is 4. The highest BCUT2D eigenvalue weighted by Gasteiger charge is 2.52. The van der Waals surface area contributed by atoms with Crippen molar-refractivity contribution in [3.05, 3.63) is 12.3 Å². The van der Waals surface area contributed by atoms with Gasteiger partial charge in [0.1, 0.15) is 5.75 Å². The maximum absolute atomic E-state index is 6.07. The number of methoxy groups -OCH3 is 1. The van der Waals surface area contributed by atoms with Gasteiger partial charge in [-0.15, -0.1) is 0 Å². The molecule has 0 aromatic carbocycles. The molecule has 1 aliphatic carbocycles. The van der Waals surface area contributed by atoms with Crippen molar-refractivity contribution in [1.29, 1.82) is 0 Å². The summed E-state index contributed by atoms with van der Waals surface area (Å²) < 4.78 is 23.3. The van der Waals surface area contributed by atoms with Crippen LogP contribution in [0.25, 0.3) is 0 Å². The van der Waals surface area contributed by atoms with Gasteiger partial charge in [0.25, 0.3) is 0 Å². The van der Waals surface area contributed by atoms with E-state index in [0.717, 1.165) is 24.1 Å². The molecule has 2 aliphatic rings. The second-order valence-electron chi connectivity index (χ2n) is 6.67. The zero-order valence-corrected chi connectivity index (χ0v) is 13.3. The molecule has 1 aromatic rings. The fraction of sp³-hybridized carbons (Fsp3) is 0.667. The van der Waals surface area contributed by atoms with Crippen molar-refractivity contribution in [2.45, 2.75) is 57.8 Å². The van der Waals surface area contributed by atoms with E-state index in [1.807, 2.05) is 33.8 Å². The van der Waals surface area contributed by atoms with Crippen LogP contribution in [0.1, 0.15) is 40.5 Å². The van der Waals surface area contributed by atoms with Crippen LogP contribution in [0, 0.1) is 0 Å². The highest BCUT2D eigenvalue weighted by molar-refractivity contribution is 6.63. The molecule has 6 heteroatoms. The molecule has 114 valence electrons. The van der Waals surface area contributed by atoms with Crippen molar-refractivity contribution in [3.63, 3.8) is 0 Å². The van der Waals surface area contributed by atoms with Crippen LogP contribution in [0.15, 0.2) is 12.3 Å². The first-order chi connectivity index (χ1) is 9.82. The Labute approximate surface area is 126 Å². The number of ether oxygens (including phenoxy) is 2. The first-order valence-electron chi connectivity index (χ1n) is 7.38. The monoisotopic (exact) mass is 291 g/mol. The second kappa shape index (κ2) is 4.88. The van der Waals surface area contributed by atoms with Gasteiger partial charge in [-0.2, -0.15) is 0 Å². The molecule has 1 aliphatic heterocycles. The minimum absolute atomic E-state index is 0.325. The molecule has 0 bridgehead atoms. The molecule has 1 saturated carbocycles. The zero-order chi connectivity index (χ0) is 15.3. The molecule has 1 aromatic heterocycles. The molecule has 5 nitrogen and oxygen atoms in total. The lowest BCUT2D eigenvalue weighted by molar-refractivity contribution is 0.00578. The summed E-state index contributed by atoms with van der Waals surface area (Å²) >= 11 is 0. The Morgan fingerprint density at radius 1 is 1.19 bits per heavy atom. The number of nitrogens with zero attached hydrogens (tertiary/aromatic N) is 1. The average Bonchev–Trinajstić information content (AvgIpc) is 3.17. The molecule has 0 amide bonds. The summed E-state index contributed by atoms with van der Waals surface area (Å²) in [5.74, 6) is 1.25. The minimum atomic E-state index is -0.500. The van der Waals surface area contributed by atoms with E-state index in [9.17, 15) is 0 Å². The van der Waals surface area contributed by atoms with Crippen molar-refractivity contribution in [3.8, 4) is 11.6 Å². The van der Waals surface area contributed by atoms with Gasteiger partial charge in [0.05, 0.1) is 30.6 Å². The van der Waals surface area contributed by atoms with Crippen LogP contribution in [0.5, 0.6) is 11.6 Å². The highest BCUT2D eigenvalue weighted by atomic mass is 16.7. The molecular formula is C15H22BNO4. The highest BCUT2D eigenvalue weighted by Crippen LogP contribution is 2.37. The van der Waals surface area contributed by atoms with Crippen LogP contribution in [0.4, 0.5) is 0 Å². The number of hydrogen-bond acceptors (Lipinski definition) is 5. The quantitative estimate of drug-likeness (QED) is 0.793. The third kappa shape index (κ3) is 2.74. The molecule has 0 spiro atoms. The Balaban J connectivity index is 1.89. The van der Waals surface area contributed by atoms with Crippen LogP contribution in [-0.2, 0) is 9.31 Å². The summed E-state index contributed by atoms with van der Waals surface area (Å²) in [7, 11) is 1.10. The van der Waals surface area contributed by atoms with Gasteiger partial charge < -0.3 is 18.8 Å². The summed E-state index contributed by atoms with van der Waals surface area (Å²) in [6.45, 7) is 8.10. The second-order valence-corrected chi connectivity index (χ2v) is 6.67. The van der Waals surface area contributed by atoms with Crippen LogP contribution < -0.4 is 14.9 Å². The van der Waals surface area contributed by atoms with Gasteiger partial charge in [-0.3, -0.25) is 0 Å². The largest absolute Gasteiger partial charge is 0.500 e. The van der Waals surface area contributed by atoms with Gasteiger partial charge in [-0.05, 0) is 46.6 Å². The normalized spacial score (nSPS) is 23.2. The van der Waals surface area contributed by atoms with Crippen molar-refractivity contribution in [2.75, 3.05) is 7.11 Å². The van der Waals surface area contributed by atoms with Gasteiger partial charge in [0.2, 0.25) is 5.88 Å². The maximum atomic E-state index is 6.07. The average molecular weight is 291 g/mol. The molecule has 0 radical (unpaired) electrons. The van der Waals surface area contributed by atoms with Gasteiger partial charge in [0, 0.05) is 5.46 Å². The van der Waals surface area contributed by atoms with E-state index in [1.165, 1.54) is 0 Å². The minimum Gasteiger partial charge on any atom is -0.489 e. The Kier molecular flexibility index (Phi) is 3.41. The van der Waals surface area contributed by atoms with Crippen LogP contribution in [0.2, 0.25) is 0 Å². The molecule has 0 atom stereocenters. The van der Waals surface area contributed by atoms with E-state index in [-0.39, 0.29) is 0 Å². The smallest absolute Gasteiger partial charge is 0.489 e. The molecule has 3 rings (SSSR count). The number of pyridine rings is 1. The first kappa shape index (κ1) is 14.7. The first-order valence-corrected chi connectivity index (χ1v) is 7.38. The molecule has 0 N–H and O–H groups in total. The van der Waals surface area contributed by atoms with E-state index in [1.54, 1.807) is 13.3 Å². The summed E-state index contributed by atoms with van der Waals surface area (Å²) in [6, 6.07) is 1.91. The Bertz CT molecular complexity index is 526. The SMILES string of the molecule is COc1ncc(OC2CC2)cc1B1OC(C)(C)C(C)(C)O1. The molecule has 2 heterocycles. The molecular weight excluding hydrogens is 269 g/mol. The van der Waals surface area contributed by atoms with E-state index >= 15 is 0 Å². The molecule has 2 fully saturated rings. The van der Waals surface area contributed by atoms with Gasteiger partial charge in [0.15, 0.2) is 0 Å². The Morgan fingerprint density at radius 2 is 1.81 bits per heavy atom. The predicted octanol–water partition coefficient (Wildman–Crippen LogP) is 1.93. The van der Waals surface area contributed by atoms with E-state index in [4.69, 9.17) is 18.8 Å². The van der Waals surface area contributed by atoms with Crippen molar-refractivity contribution in [2.24, 2.45) is 0 Å². The predicted molar refractivity (Wildman–Crippen MR) is 80.2 cm³/mol. The van der Waals surface area contributed by atoms with E-state index in [2.05, 4.69) is 4.98 Å². The summed E-state index contributed by atoms with van der Waals surface area (Å²) in [5.41, 5.74) is -0.0131. The fourth-order valence-electron chi connectivity index (χ4n) is 2.20. The topological polar surface area (TPSA) is 49.8 Å². The number of aromatic nitrogens is 1. The molecule has 0 unspecified atom stereocenters. The summed E-state index contributed by atoms with van der Waals surface area (Å²) in [4.78, 5) is 4.31. The van der Waals surface area contributed by atoms with E-state index in [0.29, 0.717) is 12.0 Å². The lowest BCUT2D eigenvalue weighted by Crippen LogP contribution is -2.41. The molecule has 21 heavy (non-hydrogen) atoms. The van der Waals surface area contributed by atoms with Crippen LogP contribution in [0.3, 0.4) is 0 Å². The lowest BCUT2D eigenvalue weighted by atomic mass is 9.79. The lowest BCUT2D eigenvalue weighted by Gasteiger charge is -2.32. The Morgan fingerprint density at radius 3 is 2.33 bits per heavy atom. The van der Waals surface area contributed by atoms with Crippen molar-refractivity contribution in [1.82, 2.24) is 4.98 Å². The zero-order valence-electron chi connectivity index (χ0n) is 13.3. The van der Waals surface area contributed by atoms with Crippen molar-refractivity contribution >= 4 is 12.6 Å². The third-order valence-corrected chi connectivity index (χ3v) is 4.38. The van der Waals surface area contributed by atoms with Gasteiger partial charge in [-0.1, -0.05) is 0 Å². The van der Waals surface area contributed by atoms with E-state index < -0.39 is 18.3 Å². The van der Waals surface area contributed by atoms with Gasteiger partial charge >= 0.3 is 7.12 Å².